The van der Waals surface area contributed by atoms with Crippen molar-refractivity contribution in [3.63, 3.8) is 0 Å². The molecule has 2 N–H and O–H groups in total. The van der Waals surface area contributed by atoms with Gasteiger partial charge in [-0.2, -0.15) is 13.2 Å². The van der Waals surface area contributed by atoms with Gasteiger partial charge in [-0.05, 0) is 18.2 Å². The van der Waals surface area contributed by atoms with E-state index in [1.54, 1.807) is 0 Å². The molecule has 0 spiro atoms. The Hall–Kier alpha value is -1.23. The number of halogens is 3. The second-order valence-electron chi connectivity index (χ2n) is 5.23. The lowest BCUT2D eigenvalue weighted by atomic mass is 9.89. The predicted molar refractivity (Wildman–Crippen MR) is 64.4 cm³/mol. The zero-order chi connectivity index (χ0) is 14.0. The zero-order valence-corrected chi connectivity index (χ0v) is 10.7. The molecule has 0 saturated carbocycles. The summed E-state index contributed by atoms with van der Waals surface area (Å²) in [4.78, 5) is 0. The summed E-state index contributed by atoms with van der Waals surface area (Å²) in [5, 5.41) is 0. The molecular formula is C13H18F3NO. The van der Waals surface area contributed by atoms with E-state index in [-0.39, 0.29) is 23.8 Å². The largest absolute Gasteiger partial charge is 0.489 e. The lowest BCUT2D eigenvalue weighted by Gasteiger charge is -2.30. The fourth-order valence-corrected chi connectivity index (χ4v) is 1.49. The van der Waals surface area contributed by atoms with Crippen molar-refractivity contribution in [3.8, 4) is 5.75 Å². The van der Waals surface area contributed by atoms with Gasteiger partial charge in [0.1, 0.15) is 11.9 Å². The van der Waals surface area contributed by atoms with E-state index in [4.69, 9.17) is 10.5 Å². The van der Waals surface area contributed by atoms with E-state index in [0.29, 0.717) is 0 Å². The molecule has 1 rings (SSSR count). The number of ether oxygens (including phenoxy) is 1. The quantitative estimate of drug-likeness (QED) is 0.904. The third-order valence-corrected chi connectivity index (χ3v) is 2.62. The molecule has 5 heteroatoms. The summed E-state index contributed by atoms with van der Waals surface area (Å²) in [5.41, 5.74) is 4.63. The molecule has 1 atom stereocenters. The van der Waals surface area contributed by atoms with Crippen molar-refractivity contribution in [2.45, 2.75) is 33.1 Å². The Morgan fingerprint density at radius 3 is 2.28 bits per heavy atom. The summed E-state index contributed by atoms with van der Waals surface area (Å²) < 4.78 is 43.2. The van der Waals surface area contributed by atoms with Crippen molar-refractivity contribution in [2.75, 3.05) is 6.54 Å². The van der Waals surface area contributed by atoms with Crippen LogP contribution in [0.1, 0.15) is 26.3 Å². The normalized spacial score (nSPS) is 14.4. The smallest absolute Gasteiger partial charge is 0.416 e. The first-order valence-electron chi connectivity index (χ1n) is 5.68. The van der Waals surface area contributed by atoms with Crippen LogP contribution in [0, 0.1) is 5.41 Å². The van der Waals surface area contributed by atoms with Crippen molar-refractivity contribution in [1.29, 1.82) is 0 Å². The van der Waals surface area contributed by atoms with E-state index in [2.05, 4.69) is 0 Å². The molecule has 0 aliphatic carbocycles. The topological polar surface area (TPSA) is 35.2 Å². The number of benzene rings is 1. The highest BCUT2D eigenvalue weighted by molar-refractivity contribution is 5.30. The zero-order valence-electron chi connectivity index (χ0n) is 10.7. The number of hydrogen-bond donors (Lipinski definition) is 1. The van der Waals surface area contributed by atoms with Crippen LogP contribution in [-0.2, 0) is 6.18 Å². The second-order valence-corrected chi connectivity index (χ2v) is 5.23. The predicted octanol–water partition coefficient (Wildman–Crippen LogP) is 3.46. The van der Waals surface area contributed by atoms with E-state index < -0.39 is 11.7 Å². The first-order chi connectivity index (χ1) is 8.14. The van der Waals surface area contributed by atoms with Gasteiger partial charge in [0.15, 0.2) is 0 Å². The molecule has 0 bridgehead atoms. The fraction of sp³-hybridized carbons (Fsp3) is 0.538. The first-order valence-corrected chi connectivity index (χ1v) is 5.68. The van der Waals surface area contributed by atoms with Crippen molar-refractivity contribution in [2.24, 2.45) is 11.1 Å². The summed E-state index contributed by atoms with van der Waals surface area (Å²) in [7, 11) is 0. The Labute approximate surface area is 105 Å². The maximum absolute atomic E-state index is 12.5. The van der Waals surface area contributed by atoms with Crippen LogP contribution in [0.5, 0.6) is 5.75 Å². The standard InChI is InChI=1S/C13H18F3NO/c1-12(2,3)11(8-17)18-10-6-4-5-9(7-10)13(14,15)16/h4-7,11H,8,17H2,1-3H3. The highest BCUT2D eigenvalue weighted by atomic mass is 19.4. The second kappa shape index (κ2) is 5.18. The summed E-state index contributed by atoms with van der Waals surface area (Å²) in [6, 6.07) is 4.84. The van der Waals surface area contributed by atoms with Gasteiger partial charge in [0.05, 0.1) is 5.56 Å². The minimum absolute atomic E-state index is 0.190. The van der Waals surface area contributed by atoms with Gasteiger partial charge in [-0.25, -0.2) is 0 Å². The van der Waals surface area contributed by atoms with E-state index in [0.717, 1.165) is 12.1 Å². The molecule has 0 fully saturated rings. The molecule has 1 aromatic rings. The molecule has 0 saturated heterocycles. The van der Waals surface area contributed by atoms with Crippen LogP contribution in [0.4, 0.5) is 13.2 Å². The van der Waals surface area contributed by atoms with Gasteiger partial charge < -0.3 is 10.5 Å². The molecule has 0 radical (unpaired) electrons. The molecule has 0 amide bonds. The average Bonchev–Trinajstić information content (AvgIpc) is 2.23. The molecule has 0 heterocycles. The Balaban J connectivity index is 2.92. The van der Waals surface area contributed by atoms with E-state index in [9.17, 15) is 13.2 Å². The Morgan fingerprint density at radius 1 is 1.22 bits per heavy atom. The summed E-state index contributed by atoms with van der Waals surface area (Å²) in [6.07, 6.45) is -4.69. The first kappa shape index (κ1) is 14.8. The lowest BCUT2D eigenvalue weighted by molar-refractivity contribution is -0.137. The molecular weight excluding hydrogens is 243 g/mol. The molecule has 0 aliphatic heterocycles. The number of hydrogen-bond acceptors (Lipinski definition) is 2. The van der Waals surface area contributed by atoms with E-state index in [1.807, 2.05) is 20.8 Å². The van der Waals surface area contributed by atoms with Crippen molar-refractivity contribution in [1.82, 2.24) is 0 Å². The van der Waals surface area contributed by atoms with Crippen LogP contribution in [0.25, 0.3) is 0 Å². The highest BCUT2D eigenvalue weighted by Crippen LogP contribution is 2.32. The SMILES string of the molecule is CC(C)(C)C(CN)Oc1cccc(C(F)(F)F)c1. The molecule has 1 unspecified atom stereocenters. The van der Waals surface area contributed by atoms with Crippen LogP contribution in [-0.4, -0.2) is 12.6 Å². The Bertz CT molecular complexity index is 396. The molecule has 1 aromatic carbocycles. The van der Waals surface area contributed by atoms with Gasteiger partial charge in [-0.1, -0.05) is 26.8 Å². The lowest BCUT2D eigenvalue weighted by Crippen LogP contribution is -2.38. The maximum atomic E-state index is 12.5. The van der Waals surface area contributed by atoms with Gasteiger partial charge >= 0.3 is 6.18 Å². The summed E-state index contributed by atoms with van der Waals surface area (Å²) >= 11 is 0. The van der Waals surface area contributed by atoms with Gasteiger partial charge in [0, 0.05) is 12.0 Å². The Morgan fingerprint density at radius 2 is 1.83 bits per heavy atom. The van der Waals surface area contributed by atoms with E-state index in [1.165, 1.54) is 12.1 Å². The molecule has 18 heavy (non-hydrogen) atoms. The minimum Gasteiger partial charge on any atom is -0.489 e. The van der Waals surface area contributed by atoms with Crippen molar-refractivity contribution < 1.29 is 17.9 Å². The Kier molecular flexibility index (Phi) is 4.27. The molecule has 102 valence electrons. The summed E-state index contributed by atoms with van der Waals surface area (Å²) in [5.74, 6) is 0.190. The third-order valence-electron chi connectivity index (χ3n) is 2.62. The third kappa shape index (κ3) is 3.91. The number of rotatable bonds is 3. The monoisotopic (exact) mass is 261 g/mol. The van der Waals surface area contributed by atoms with Gasteiger partial charge in [-0.15, -0.1) is 0 Å². The summed E-state index contributed by atoms with van der Waals surface area (Å²) in [6.45, 7) is 6.04. The van der Waals surface area contributed by atoms with Gasteiger partial charge in [-0.3, -0.25) is 0 Å². The van der Waals surface area contributed by atoms with Crippen LogP contribution in [0.3, 0.4) is 0 Å². The fourth-order valence-electron chi connectivity index (χ4n) is 1.49. The van der Waals surface area contributed by atoms with Crippen molar-refractivity contribution in [3.05, 3.63) is 29.8 Å². The van der Waals surface area contributed by atoms with Crippen LogP contribution < -0.4 is 10.5 Å². The minimum atomic E-state index is -4.36. The highest BCUT2D eigenvalue weighted by Gasteiger charge is 2.31. The molecule has 0 aromatic heterocycles. The molecule has 2 nitrogen and oxygen atoms in total. The number of nitrogens with two attached hydrogens (primary N) is 1. The van der Waals surface area contributed by atoms with Crippen LogP contribution >= 0.6 is 0 Å². The van der Waals surface area contributed by atoms with Crippen molar-refractivity contribution >= 4 is 0 Å². The van der Waals surface area contributed by atoms with Crippen LogP contribution in [0.2, 0.25) is 0 Å². The van der Waals surface area contributed by atoms with Gasteiger partial charge in [0.2, 0.25) is 0 Å². The van der Waals surface area contributed by atoms with Gasteiger partial charge in [0.25, 0.3) is 0 Å². The maximum Gasteiger partial charge on any atom is 0.416 e. The van der Waals surface area contributed by atoms with Crippen LogP contribution in [0.15, 0.2) is 24.3 Å². The molecule has 0 aliphatic rings. The average molecular weight is 261 g/mol. The number of alkyl halides is 3. The van der Waals surface area contributed by atoms with E-state index >= 15 is 0 Å².